The van der Waals surface area contributed by atoms with Crippen LogP contribution in [0.4, 0.5) is 11.5 Å². The third-order valence-electron chi connectivity index (χ3n) is 3.65. The van der Waals surface area contributed by atoms with Crippen LogP contribution in [0.25, 0.3) is 0 Å². The maximum atomic E-state index is 12.3. The maximum Gasteiger partial charge on any atom is 0.256 e. The molecule has 0 radical (unpaired) electrons. The molecule has 2 heterocycles. The molecule has 0 spiro atoms. The van der Waals surface area contributed by atoms with Crippen molar-refractivity contribution in [2.45, 2.75) is 13.3 Å². The van der Waals surface area contributed by atoms with Crippen molar-refractivity contribution < 1.29 is 9.59 Å². The molecule has 0 saturated carbocycles. The lowest BCUT2D eigenvalue weighted by Crippen LogP contribution is -2.16. The first-order valence-electron chi connectivity index (χ1n) is 8.14. The van der Waals surface area contributed by atoms with Gasteiger partial charge in [0.15, 0.2) is 0 Å². The number of hydrogen-bond acceptors (Lipinski definition) is 4. The summed E-state index contributed by atoms with van der Waals surface area (Å²) >= 11 is 0. The van der Waals surface area contributed by atoms with Crippen LogP contribution in [-0.2, 0) is 11.2 Å². The fourth-order valence-corrected chi connectivity index (χ4v) is 2.36. The highest BCUT2D eigenvalue weighted by atomic mass is 16.2. The number of aryl methyl sites for hydroxylation is 1. The minimum absolute atomic E-state index is 0.169. The molecule has 0 fully saturated rings. The first-order chi connectivity index (χ1) is 12.6. The van der Waals surface area contributed by atoms with Crippen molar-refractivity contribution >= 4 is 23.3 Å². The third-order valence-corrected chi connectivity index (χ3v) is 3.65. The van der Waals surface area contributed by atoms with Gasteiger partial charge in [0.25, 0.3) is 5.91 Å². The molecule has 2 N–H and O–H groups in total. The van der Waals surface area contributed by atoms with Crippen molar-refractivity contribution in [3.8, 4) is 0 Å². The molecule has 0 aliphatic rings. The van der Waals surface area contributed by atoms with E-state index < -0.39 is 0 Å². The standard InChI is InChI=1S/C20H18N4O2/c1-14-8-9-15(13-22-14)11-19(25)23-17-6-4-5-16(12-17)20(26)24-18-7-2-3-10-21-18/h2-10,12-13H,11H2,1H3,(H,23,25)(H,21,24,26). The highest BCUT2D eigenvalue weighted by Crippen LogP contribution is 2.13. The molecular formula is C20H18N4O2. The predicted octanol–water partition coefficient (Wildman–Crippen LogP) is 3.22. The third kappa shape index (κ3) is 4.73. The van der Waals surface area contributed by atoms with Gasteiger partial charge in [0.05, 0.1) is 6.42 Å². The quantitative estimate of drug-likeness (QED) is 0.743. The van der Waals surface area contributed by atoms with E-state index in [4.69, 9.17) is 0 Å². The molecule has 6 nitrogen and oxygen atoms in total. The molecule has 2 amide bonds. The van der Waals surface area contributed by atoms with E-state index in [1.807, 2.05) is 19.1 Å². The van der Waals surface area contributed by atoms with Gasteiger partial charge in [0, 0.05) is 29.3 Å². The number of amides is 2. The number of benzene rings is 1. The molecule has 2 aromatic heterocycles. The Morgan fingerprint density at radius 1 is 0.962 bits per heavy atom. The molecule has 1 aromatic carbocycles. The van der Waals surface area contributed by atoms with Gasteiger partial charge in [-0.05, 0) is 48.9 Å². The number of pyridine rings is 2. The number of rotatable bonds is 5. The van der Waals surface area contributed by atoms with Crippen LogP contribution < -0.4 is 10.6 Å². The molecule has 26 heavy (non-hydrogen) atoms. The van der Waals surface area contributed by atoms with Gasteiger partial charge >= 0.3 is 0 Å². The van der Waals surface area contributed by atoms with E-state index in [-0.39, 0.29) is 18.2 Å². The fourth-order valence-electron chi connectivity index (χ4n) is 2.36. The molecule has 3 aromatic rings. The van der Waals surface area contributed by atoms with Gasteiger partial charge in [-0.2, -0.15) is 0 Å². The van der Waals surface area contributed by atoms with Crippen LogP contribution in [0.3, 0.4) is 0 Å². The zero-order chi connectivity index (χ0) is 18.4. The lowest BCUT2D eigenvalue weighted by atomic mass is 10.1. The van der Waals surface area contributed by atoms with E-state index in [2.05, 4.69) is 20.6 Å². The molecule has 0 atom stereocenters. The number of aromatic nitrogens is 2. The summed E-state index contributed by atoms with van der Waals surface area (Å²) in [6.07, 6.45) is 3.51. The topological polar surface area (TPSA) is 84.0 Å². The van der Waals surface area contributed by atoms with Crippen molar-refractivity contribution in [1.29, 1.82) is 0 Å². The smallest absolute Gasteiger partial charge is 0.256 e. The number of carbonyl (C=O) groups excluding carboxylic acids is 2. The second-order valence-electron chi connectivity index (χ2n) is 5.78. The van der Waals surface area contributed by atoms with Crippen LogP contribution in [0.2, 0.25) is 0 Å². The van der Waals surface area contributed by atoms with Gasteiger partial charge < -0.3 is 10.6 Å². The highest BCUT2D eigenvalue weighted by Gasteiger charge is 2.09. The zero-order valence-corrected chi connectivity index (χ0v) is 14.3. The van der Waals surface area contributed by atoms with Crippen molar-refractivity contribution in [1.82, 2.24) is 9.97 Å². The van der Waals surface area contributed by atoms with Gasteiger partial charge in [-0.3, -0.25) is 14.6 Å². The van der Waals surface area contributed by atoms with Gasteiger partial charge in [0.1, 0.15) is 5.82 Å². The predicted molar refractivity (Wildman–Crippen MR) is 99.9 cm³/mol. The first kappa shape index (κ1) is 17.3. The fraction of sp³-hybridized carbons (Fsp3) is 0.100. The number of anilines is 2. The first-order valence-corrected chi connectivity index (χ1v) is 8.14. The van der Waals surface area contributed by atoms with Crippen LogP contribution in [0.1, 0.15) is 21.6 Å². The summed E-state index contributed by atoms with van der Waals surface area (Å²) in [6, 6.07) is 15.8. The lowest BCUT2D eigenvalue weighted by molar-refractivity contribution is -0.115. The second kappa shape index (κ2) is 8.02. The molecule has 0 aliphatic carbocycles. The Labute approximate surface area is 151 Å². The summed E-state index contributed by atoms with van der Waals surface area (Å²) in [5.74, 6) is 0.0132. The minimum atomic E-state index is -0.289. The van der Waals surface area contributed by atoms with Crippen molar-refractivity contribution in [3.05, 3.63) is 83.8 Å². The molecule has 0 bridgehead atoms. The van der Waals surface area contributed by atoms with Gasteiger partial charge in [-0.15, -0.1) is 0 Å². The lowest BCUT2D eigenvalue weighted by Gasteiger charge is -2.08. The Kier molecular flexibility index (Phi) is 5.34. The van der Waals surface area contributed by atoms with E-state index in [0.717, 1.165) is 11.3 Å². The van der Waals surface area contributed by atoms with E-state index in [1.165, 1.54) is 0 Å². The van der Waals surface area contributed by atoms with Crippen molar-refractivity contribution in [3.63, 3.8) is 0 Å². The Bertz CT molecular complexity index is 909. The summed E-state index contributed by atoms with van der Waals surface area (Å²) < 4.78 is 0. The summed E-state index contributed by atoms with van der Waals surface area (Å²) in [4.78, 5) is 32.7. The second-order valence-corrected chi connectivity index (χ2v) is 5.78. The highest BCUT2D eigenvalue weighted by molar-refractivity contribution is 6.05. The maximum absolute atomic E-state index is 12.3. The monoisotopic (exact) mass is 346 g/mol. The van der Waals surface area contributed by atoms with Crippen LogP contribution in [-0.4, -0.2) is 21.8 Å². The molecule has 130 valence electrons. The summed E-state index contributed by atoms with van der Waals surface area (Å²) in [5, 5.41) is 5.51. The van der Waals surface area contributed by atoms with Crippen molar-refractivity contribution in [2.24, 2.45) is 0 Å². The Balaban J connectivity index is 1.64. The average Bonchev–Trinajstić information content (AvgIpc) is 2.64. The van der Waals surface area contributed by atoms with Crippen molar-refractivity contribution in [2.75, 3.05) is 10.6 Å². The van der Waals surface area contributed by atoms with Crippen LogP contribution in [0.5, 0.6) is 0 Å². The van der Waals surface area contributed by atoms with E-state index in [9.17, 15) is 9.59 Å². The molecular weight excluding hydrogens is 328 g/mol. The van der Waals surface area contributed by atoms with Gasteiger partial charge in [0.2, 0.25) is 5.91 Å². The zero-order valence-electron chi connectivity index (χ0n) is 14.3. The Hall–Kier alpha value is -3.54. The van der Waals surface area contributed by atoms with E-state index >= 15 is 0 Å². The van der Waals surface area contributed by atoms with Gasteiger partial charge in [-0.25, -0.2) is 4.98 Å². The van der Waals surface area contributed by atoms with Crippen LogP contribution in [0, 0.1) is 6.92 Å². The largest absolute Gasteiger partial charge is 0.326 e. The SMILES string of the molecule is Cc1ccc(CC(=O)Nc2cccc(C(=O)Nc3ccccn3)c2)cn1. The number of carbonyl (C=O) groups is 2. The molecule has 0 unspecified atom stereocenters. The molecule has 0 aliphatic heterocycles. The molecule has 6 heteroatoms. The Morgan fingerprint density at radius 2 is 1.85 bits per heavy atom. The number of nitrogens with zero attached hydrogens (tertiary/aromatic N) is 2. The molecule has 3 rings (SSSR count). The Morgan fingerprint density at radius 3 is 2.58 bits per heavy atom. The van der Waals surface area contributed by atoms with E-state index in [0.29, 0.717) is 17.1 Å². The number of hydrogen-bond donors (Lipinski definition) is 2. The normalized spacial score (nSPS) is 10.2. The summed E-state index contributed by atoms with van der Waals surface area (Å²) in [5.41, 5.74) is 2.73. The number of nitrogens with one attached hydrogen (secondary N) is 2. The van der Waals surface area contributed by atoms with Crippen LogP contribution in [0.15, 0.2) is 67.0 Å². The average molecular weight is 346 g/mol. The van der Waals surface area contributed by atoms with Gasteiger partial charge in [-0.1, -0.05) is 18.2 Å². The summed E-state index contributed by atoms with van der Waals surface area (Å²) in [6.45, 7) is 1.89. The summed E-state index contributed by atoms with van der Waals surface area (Å²) in [7, 11) is 0. The van der Waals surface area contributed by atoms with Crippen LogP contribution >= 0.6 is 0 Å². The van der Waals surface area contributed by atoms with E-state index in [1.54, 1.807) is 54.9 Å². The minimum Gasteiger partial charge on any atom is -0.326 e. The molecule has 0 saturated heterocycles.